The Morgan fingerprint density at radius 2 is 1.91 bits per heavy atom. The first kappa shape index (κ1) is 21.9. The van der Waals surface area contributed by atoms with Crippen LogP contribution in [0.3, 0.4) is 0 Å². The molecule has 5 rings (SSSR count). The van der Waals surface area contributed by atoms with E-state index < -0.39 is 0 Å². The van der Waals surface area contributed by atoms with E-state index in [2.05, 4.69) is 10.3 Å². The minimum atomic E-state index is -0.191. The molecule has 8 heteroatoms. The molecule has 1 amide bonds. The minimum Gasteiger partial charge on any atom is -0.342 e. The summed E-state index contributed by atoms with van der Waals surface area (Å²) in [5.41, 5.74) is 3.30. The number of nitrogens with one attached hydrogen (secondary N) is 1. The lowest BCUT2D eigenvalue weighted by molar-refractivity contribution is -0.129. The van der Waals surface area contributed by atoms with Crippen molar-refractivity contribution in [2.75, 3.05) is 18.4 Å². The molecule has 1 aromatic carbocycles. The zero-order valence-electron chi connectivity index (χ0n) is 18.8. The summed E-state index contributed by atoms with van der Waals surface area (Å²) in [5.74, 6) is 0.619. The number of rotatable bonds is 5. The number of aromatic nitrogens is 3. The highest BCUT2D eigenvalue weighted by atomic mass is 35.5. The summed E-state index contributed by atoms with van der Waals surface area (Å²) in [6.45, 7) is 3.74. The molecule has 0 spiro atoms. The van der Waals surface area contributed by atoms with Crippen LogP contribution in [0.5, 0.6) is 0 Å². The van der Waals surface area contributed by atoms with E-state index in [9.17, 15) is 9.59 Å². The fourth-order valence-electron chi connectivity index (χ4n) is 5.00. The van der Waals surface area contributed by atoms with Crippen molar-refractivity contribution in [2.24, 2.45) is 0 Å². The van der Waals surface area contributed by atoms with Crippen molar-refractivity contribution in [2.45, 2.75) is 57.9 Å². The summed E-state index contributed by atoms with van der Waals surface area (Å²) < 4.78 is 1.75. The molecule has 33 heavy (non-hydrogen) atoms. The van der Waals surface area contributed by atoms with E-state index in [-0.39, 0.29) is 22.5 Å². The van der Waals surface area contributed by atoms with Crippen LogP contribution in [0.2, 0.25) is 5.02 Å². The first-order chi connectivity index (χ1) is 16.0. The number of pyridine rings is 1. The topological polar surface area (TPSA) is 80.1 Å². The first-order valence-electron chi connectivity index (χ1n) is 11.7. The molecule has 1 aliphatic heterocycles. The summed E-state index contributed by atoms with van der Waals surface area (Å²) in [5, 5.41) is 4.24. The Kier molecular flexibility index (Phi) is 6.06. The van der Waals surface area contributed by atoms with Crippen molar-refractivity contribution >= 4 is 40.2 Å². The molecule has 0 radical (unpaired) electrons. The molecule has 3 aromatic rings. The van der Waals surface area contributed by atoms with Crippen LogP contribution >= 0.6 is 11.6 Å². The van der Waals surface area contributed by atoms with Crippen LogP contribution < -0.4 is 10.9 Å². The van der Waals surface area contributed by atoms with Crippen LogP contribution in [-0.4, -0.2) is 38.4 Å². The quantitative estimate of drug-likeness (QED) is 0.586. The second-order valence-corrected chi connectivity index (χ2v) is 9.52. The van der Waals surface area contributed by atoms with Crippen LogP contribution in [0, 0.1) is 6.92 Å². The van der Waals surface area contributed by atoms with Crippen molar-refractivity contribution in [3.05, 3.63) is 57.0 Å². The number of anilines is 2. The molecule has 2 aliphatic rings. The highest BCUT2D eigenvalue weighted by Crippen LogP contribution is 2.31. The van der Waals surface area contributed by atoms with Crippen LogP contribution in [0.25, 0.3) is 11.0 Å². The Bertz CT molecular complexity index is 1260. The van der Waals surface area contributed by atoms with Crippen molar-refractivity contribution in [1.29, 1.82) is 0 Å². The van der Waals surface area contributed by atoms with Gasteiger partial charge in [-0.3, -0.25) is 14.2 Å². The summed E-state index contributed by atoms with van der Waals surface area (Å²) in [6.07, 6.45) is 8.44. The molecular weight excluding hydrogens is 438 g/mol. The smallest absolute Gasteiger partial charge is 0.271 e. The zero-order valence-corrected chi connectivity index (χ0v) is 19.6. The van der Waals surface area contributed by atoms with Gasteiger partial charge in [0, 0.05) is 36.4 Å². The third kappa shape index (κ3) is 4.47. The van der Waals surface area contributed by atoms with E-state index in [0.717, 1.165) is 73.8 Å². The number of aryl methyl sites for hydroxylation is 1. The molecule has 172 valence electrons. The predicted octanol–water partition coefficient (Wildman–Crippen LogP) is 4.78. The largest absolute Gasteiger partial charge is 0.342 e. The normalized spacial score (nSPS) is 16.6. The molecule has 7 nitrogen and oxygen atoms in total. The van der Waals surface area contributed by atoms with E-state index in [4.69, 9.17) is 16.6 Å². The number of halogens is 1. The Balaban J connectivity index is 1.40. The number of nitrogens with zero attached hydrogens (tertiary/aromatic N) is 4. The maximum Gasteiger partial charge on any atom is 0.271 e. The predicted molar refractivity (Wildman–Crippen MR) is 130 cm³/mol. The maximum atomic E-state index is 12.8. The lowest BCUT2D eigenvalue weighted by Gasteiger charge is -2.17. The molecule has 1 N–H and O–H groups in total. The summed E-state index contributed by atoms with van der Waals surface area (Å²) >= 11 is 6.22. The fourth-order valence-corrected chi connectivity index (χ4v) is 5.21. The molecule has 2 aromatic heterocycles. The van der Waals surface area contributed by atoms with Gasteiger partial charge in [0.05, 0.1) is 6.42 Å². The van der Waals surface area contributed by atoms with E-state index in [1.807, 2.05) is 30.0 Å². The van der Waals surface area contributed by atoms with Gasteiger partial charge < -0.3 is 10.2 Å². The Morgan fingerprint density at radius 3 is 2.64 bits per heavy atom. The van der Waals surface area contributed by atoms with Crippen LogP contribution in [0.4, 0.5) is 11.6 Å². The van der Waals surface area contributed by atoms with Gasteiger partial charge >= 0.3 is 0 Å². The van der Waals surface area contributed by atoms with Gasteiger partial charge in [-0.05, 0) is 55.9 Å². The monoisotopic (exact) mass is 465 g/mol. The van der Waals surface area contributed by atoms with E-state index in [0.29, 0.717) is 18.0 Å². The highest BCUT2D eigenvalue weighted by Gasteiger charge is 2.22. The second-order valence-electron chi connectivity index (χ2n) is 9.12. The highest BCUT2D eigenvalue weighted by molar-refractivity contribution is 6.31. The number of benzene rings is 1. The number of hydrogen-bond donors (Lipinski definition) is 1. The van der Waals surface area contributed by atoms with Gasteiger partial charge in [-0.1, -0.05) is 36.6 Å². The van der Waals surface area contributed by atoms with E-state index in [1.54, 1.807) is 16.8 Å². The van der Waals surface area contributed by atoms with E-state index >= 15 is 0 Å². The summed E-state index contributed by atoms with van der Waals surface area (Å²) in [4.78, 5) is 36.4. The summed E-state index contributed by atoms with van der Waals surface area (Å²) in [7, 11) is 0. The van der Waals surface area contributed by atoms with Crippen molar-refractivity contribution in [3.63, 3.8) is 0 Å². The maximum absolute atomic E-state index is 12.8. The van der Waals surface area contributed by atoms with Crippen LogP contribution in [0.15, 0.2) is 35.3 Å². The zero-order chi connectivity index (χ0) is 22.9. The molecule has 3 heterocycles. The summed E-state index contributed by atoms with van der Waals surface area (Å²) in [6, 6.07) is 7.73. The Hall–Kier alpha value is -2.93. The molecule has 2 fully saturated rings. The number of likely N-dealkylation sites (tertiary alicyclic amines) is 1. The number of carbonyl (C=O) groups excluding carboxylic acids is 1. The van der Waals surface area contributed by atoms with Gasteiger partial charge in [-0.2, -0.15) is 4.98 Å². The SMILES string of the molecule is Cc1cc(CC(=O)N2CCCC2)ccc1Nc1ncc2cc(Cl)c(=O)n(C3CCCC3)c2n1. The third-order valence-electron chi connectivity index (χ3n) is 6.77. The van der Waals surface area contributed by atoms with Gasteiger partial charge in [-0.15, -0.1) is 0 Å². The third-order valence-corrected chi connectivity index (χ3v) is 7.04. The Morgan fingerprint density at radius 1 is 1.15 bits per heavy atom. The van der Waals surface area contributed by atoms with Crippen LogP contribution in [0.1, 0.15) is 55.7 Å². The van der Waals surface area contributed by atoms with Crippen molar-refractivity contribution < 1.29 is 4.79 Å². The van der Waals surface area contributed by atoms with Gasteiger partial charge in [-0.25, -0.2) is 4.98 Å². The van der Waals surface area contributed by atoms with E-state index in [1.165, 1.54) is 0 Å². The van der Waals surface area contributed by atoms with Gasteiger partial charge in [0.25, 0.3) is 5.56 Å². The number of carbonyl (C=O) groups is 1. The average Bonchev–Trinajstić information content (AvgIpc) is 3.51. The molecular formula is C25H28ClN5O2. The molecule has 1 saturated carbocycles. The van der Waals surface area contributed by atoms with Crippen molar-refractivity contribution in [3.8, 4) is 0 Å². The molecule has 0 bridgehead atoms. The average molecular weight is 466 g/mol. The fraction of sp³-hybridized carbons (Fsp3) is 0.440. The number of hydrogen-bond acceptors (Lipinski definition) is 5. The van der Waals surface area contributed by atoms with Gasteiger partial charge in [0.15, 0.2) is 0 Å². The van der Waals surface area contributed by atoms with Crippen LogP contribution in [-0.2, 0) is 11.2 Å². The number of fused-ring (bicyclic) bond motifs is 1. The Labute approximate surface area is 197 Å². The van der Waals surface area contributed by atoms with Gasteiger partial charge in [0.2, 0.25) is 11.9 Å². The number of amides is 1. The molecule has 1 saturated heterocycles. The standard InChI is InChI=1S/C25H28ClN5O2/c1-16-12-17(13-22(32)30-10-4-5-11-30)8-9-21(16)28-25-27-15-18-14-20(26)24(33)31(23(18)29-25)19-6-2-3-7-19/h8-9,12,14-15,19H,2-7,10-11,13H2,1H3,(H,27,28,29). The second kappa shape index (κ2) is 9.14. The molecule has 0 unspecified atom stereocenters. The molecule has 0 atom stereocenters. The minimum absolute atomic E-state index is 0.121. The van der Waals surface area contributed by atoms with Crippen molar-refractivity contribution in [1.82, 2.24) is 19.4 Å². The lowest BCUT2D eigenvalue weighted by Crippen LogP contribution is -2.29. The first-order valence-corrected chi connectivity index (χ1v) is 12.1. The lowest BCUT2D eigenvalue weighted by atomic mass is 10.1. The molecule has 1 aliphatic carbocycles. The van der Waals surface area contributed by atoms with Gasteiger partial charge in [0.1, 0.15) is 10.7 Å².